The van der Waals surface area contributed by atoms with Crippen LogP contribution in [0.5, 0.6) is 0 Å². The van der Waals surface area contributed by atoms with Crippen LogP contribution in [0.2, 0.25) is 0 Å². The van der Waals surface area contributed by atoms with Crippen molar-refractivity contribution in [3.8, 4) is 0 Å². The molecule has 2 heterocycles. The van der Waals surface area contributed by atoms with E-state index in [0.29, 0.717) is 25.3 Å². The average Bonchev–Trinajstić information content (AvgIpc) is 2.83. The molecule has 1 aromatic rings. The van der Waals surface area contributed by atoms with Gasteiger partial charge < -0.3 is 14.5 Å². The van der Waals surface area contributed by atoms with Crippen LogP contribution in [-0.4, -0.2) is 34.8 Å². The predicted octanol–water partition coefficient (Wildman–Crippen LogP) is 2.29. The molecule has 1 N–H and O–H groups in total. The molecule has 2 rings (SSSR count). The Hall–Kier alpha value is -1.78. The number of aryl methyl sites for hydroxylation is 1. The Kier molecular flexibility index (Phi) is 3.69. The first-order valence-electron chi connectivity index (χ1n) is 6.22. The Morgan fingerprint density at radius 2 is 2.39 bits per heavy atom. The van der Waals surface area contributed by atoms with Gasteiger partial charge in [0.1, 0.15) is 5.76 Å². The Bertz CT molecular complexity index is 465. The zero-order valence-corrected chi connectivity index (χ0v) is 10.7. The van der Waals surface area contributed by atoms with E-state index in [9.17, 15) is 4.79 Å². The fourth-order valence-electron chi connectivity index (χ4n) is 2.30. The lowest BCUT2D eigenvalue weighted by atomic mass is 9.93. The second-order valence-corrected chi connectivity index (χ2v) is 4.61. The quantitative estimate of drug-likeness (QED) is 0.647. The highest BCUT2D eigenvalue weighted by atomic mass is 16.4. The number of nitrogens with zero attached hydrogens (tertiary/aromatic N) is 2. The van der Waals surface area contributed by atoms with E-state index in [4.69, 9.17) is 9.62 Å². The van der Waals surface area contributed by atoms with E-state index in [2.05, 4.69) is 5.16 Å². The highest BCUT2D eigenvalue weighted by Crippen LogP contribution is 2.20. The van der Waals surface area contributed by atoms with E-state index in [-0.39, 0.29) is 11.8 Å². The molecule has 5 heteroatoms. The number of carbonyl (C=O) groups is 1. The largest absolute Gasteiger partial charge is 0.456 e. The van der Waals surface area contributed by atoms with Gasteiger partial charge in [0.05, 0.1) is 5.71 Å². The zero-order valence-electron chi connectivity index (χ0n) is 10.7. The second kappa shape index (κ2) is 5.25. The van der Waals surface area contributed by atoms with Crippen LogP contribution in [0.3, 0.4) is 0 Å². The molecule has 0 aliphatic carbocycles. The zero-order chi connectivity index (χ0) is 13.1. The lowest BCUT2D eigenvalue weighted by Gasteiger charge is -2.32. The normalized spacial score (nSPS) is 22.4. The van der Waals surface area contributed by atoms with Crippen LogP contribution in [0.15, 0.2) is 21.7 Å². The van der Waals surface area contributed by atoms with Crippen molar-refractivity contribution in [3.05, 3.63) is 23.7 Å². The molecule has 98 valence electrons. The minimum atomic E-state index is -0.0847. The molecule has 0 radical (unpaired) electrons. The SMILES string of the molecule is CCC1CN(C(=O)c2ccc(C)o2)CC/C1=N\O. The highest BCUT2D eigenvalue weighted by molar-refractivity contribution is 5.94. The van der Waals surface area contributed by atoms with Gasteiger partial charge in [0.15, 0.2) is 5.76 Å². The van der Waals surface area contributed by atoms with Gasteiger partial charge in [0, 0.05) is 25.4 Å². The molecule has 1 saturated heterocycles. The summed E-state index contributed by atoms with van der Waals surface area (Å²) in [4.78, 5) is 14.0. The van der Waals surface area contributed by atoms with Crippen LogP contribution >= 0.6 is 0 Å². The van der Waals surface area contributed by atoms with Crippen molar-refractivity contribution in [1.82, 2.24) is 4.90 Å². The molecule has 0 spiro atoms. The molecule has 1 aliphatic rings. The maximum Gasteiger partial charge on any atom is 0.289 e. The average molecular weight is 250 g/mol. The molecule has 1 amide bonds. The van der Waals surface area contributed by atoms with Gasteiger partial charge in [-0.15, -0.1) is 0 Å². The third-order valence-corrected chi connectivity index (χ3v) is 3.41. The van der Waals surface area contributed by atoms with E-state index in [0.717, 1.165) is 17.9 Å². The van der Waals surface area contributed by atoms with Crippen molar-refractivity contribution in [2.75, 3.05) is 13.1 Å². The molecule has 1 unspecified atom stereocenters. The summed E-state index contributed by atoms with van der Waals surface area (Å²) < 4.78 is 5.35. The van der Waals surface area contributed by atoms with Crippen LogP contribution in [0.1, 0.15) is 36.1 Å². The number of hydrogen-bond donors (Lipinski definition) is 1. The molecule has 1 fully saturated rings. The van der Waals surface area contributed by atoms with E-state index < -0.39 is 0 Å². The number of piperidine rings is 1. The number of oxime groups is 1. The molecular formula is C13H18N2O3. The van der Waals surface area contributed by atoms with Gasteiger partial charge in [0.25, 0.3) is 5.91 Å². The van der Waals surface area contributed by atoms with Crippen molar-refractivity contribution in [1.29, 1.82) is 0 Å². The summed E-state index contributed by atoms with van der Waals surface area (Å²) in [6.45, 7) is 5.02. The molecule has 0 aromatic carbocycles. The van der Waals surface area contributed by atoms with Crippen molar-refractivity contribution >= 4 is 11.6 Å². The van der Waals surface area contributed by atoms with Crippen molar-refractivity contribution < 1.29 is 14.4 Å². The van der Waals surface area contributed by atoms with Crippen LogP contribution in [0.4, 0.5) is 0 Å². The maximum atomic E-state index is 12.2. The van der Waals surface area contributed by atoms with E-state index in [1.54, 1.807) is 17.0 Å². The first-order chi connectivity index (χ1) is 8.65. The molecular weight excluding hydrogens is 232 g/mol. The van der Waals surface area contributed by atoms with Gasteiger partial charge in [-0.2, -0.15) is 0 Å². The predicted molar refractivity (Wildman–Crippen MR) is 67.0 cm³/mol. The highest BCUT2D eigenvalue weighted by Gasteiger charge is 2.29. The van der Waals surface area contributed by atoms with Crippen LogP contribution in [0.25, 0.3) is 0 Å². The smallest absolute Gasteiger partial charge is 0.289 e. The topological polar surface area (TPSA) is 66.0 Å². The lowest BCUT2D eigenvalue weighted by Crippen LogP contribution is -2.43. The number of rotatable bonds is 2. The third kappa shape index (κ3) is 2.39. The number of furan rings is 1. The van der Waals surface area contributed by atoms with Crippen molar-refractivity contribution in [2.45, 2.75) is 26.7 Å². The number of hydrogen-bond acceptors (Lipinski definition) is 4. The van der Waals surface area contributed by atoms with E-state index >= 15 is 0 Å². The van der Waals surface area contributed by atoms with Crippen LogP contribution in [-0.2, 0) is 0 Å². The van der Waals surface area contributed by atoms with Gasteiger partial charge >= 0.3 is 0 Å². The molecule has 18 heavy (non-hydrogen) atoms. The van der Waals surface area contributed by atoms with Crippen molar-refractivity contribution in [2.24, 2.45) is 11.1 Å². The molecule has 0 bridgehead atoms. The first kappa shape index (κ1) is 12.7. The Labute approximate surface area is 106 Å². The standard InChI is InChI=1S/C13H18N2O3/c1-3-10-8-15(7-6-11(10)14-17)13(16)12-5-4-9(2)18-12/h4-5,10,17H,3,6-8H2,1-2H3/b14-11+. The third-order valence-electron chi connectivity index (χ3n) is 3.41. The molecule has 1 atom stereocenters. The molecule has 1 aromatic heterocycles. The number of likely N-dealkylation sites (tertiary alicyclic amines) is 1. The lowest BCUT2D eigenvalue weighted by molar-refractivity contribution is 0.0695. The van der Waals surface area contributed by atoms with E-state index in [1.807, 2.05) is 13.8 Å². The summed E-state index contributed by atoms with van der Waals surface area (Å²) in [6, 6.07) is 3.49. The summed E-state index contributed by atoms with van der Waals surface area (Å²) in [6.07, 6.45) is 1.49. The summed E-state index contributed by atoms with van der Waals surface area (Å²) >= 11 is 0. The Balaban J connectivity index is 2.09. The van der Waals surface area contributed by atoms with Crippen molar-refractivity contribution in [3.63, 3.8) is 0 Å². The van der Waals surface area contributed by atoms with Gasteiger partial charge in [-0.05, 0) is 25.5 Å². The van der Waals surface area contributed by atoms with Crippen LogP contribution < -0.4 is 0 Å². The number of carbonyl (C=O) groups excluding carboxylic acids is 1. The first-order valence-corrected chi connectivity index (χ1v) is 6.22. The summed E-state index contributed by atoms with van der Waals surface area (Å²) in [5.74, 6) is 1.18. The molecule has 5 nitrogen and oxygen atoms in total. The summed E-state index contributed by atoms with van der Waals surface area (Å²) in [5, 5.41) is 12.2. The van der Waals surface area contributed by atoms with Gasteiger partial charge in [0.2, 0.25) is 0 Å². The minimum Gasteiger partial charge on any atom is -0.456 e. The fourth-order valence-corrected chi connectivity index (χ4v) is 2.30. The van der Waals surface area contributed by atoms with Crippen LogP contribution in [0, 0.1) is 12.8 Å². The molecule has 0 saturated carbocycles. The summed E-state index contributed by atoms with van der Waals surface area (Å²) in [5.41, 5.74) is 0.789. The Morgan fingerprint density at radius 3 is 2.94 bits per heavy atom. The maximum absolute atomic E-state index is 12.2. The number of amides is 1. The van der Waals surface area contributed by atoms with Gasteiger partial charge in [-0.1, -0.05) is 12.1 Å². The second-order valence-electron chi connectivity index (χ2n) is 4.61. The van der Waals surface area contributed by atoms with Gasteiger partial charge in [-0.25, -0.2) is 0 Å². The monoisotopic (exact) mass is 250 g/mol. The van der Waals surface area contributed by atoms with E-state index in [1.165, 1.54) is 0 Å². The minimum absolute atomic E-state index is 0.0847. The van der Waals surface area contributed by atoms with Gasteiger partial charge in [-0.3, -0.25) is 4.79 Å². The summed E-state index contributed by atoms with van der Waals surface area (Å²) in [7, 11) is 0. The fraction of sp³-hybridized carbons (Fsp3) is 0.538. The Morgan fingerprint density at radius 1 is 1.61 bits per heavy atom. The molecule has 1 aliphatic heterocycles.